The van der Waals surface area contributed by atoms with Crippen LogP contribution < -0.4 is 4.74 Å². The molecule has 0 spiro atoms. The first kappa shape index (κ1) is 10.6. The van der Waals surface area contributed by atoms with Gasteiger partial charge in [-0.25, -0.2) is 4.98 Å². The summed E-state index contributed by atoms with van der Waals surface area (Å²) in [7, 11) is 0. The predicted molar refractivity (Wildman–Crippen MR) is 74.3 cm³/mol. The van der Waals surface area contributed by atoms with Crippen LogP contribution in [0.2, 0.25) is 0 Å². The number of hydrogen-bond donors (Lipinski definition) is 0. The zero-order chi connectivity index (χ0) is 13.0. The highest BCUT2D eigenvalue weighted by Gasteiger charge is 2.36. The Kier molecular flexibility index (Phi) is 1.89. The van der Waals surface area contributed by atoms with E-state index in [2.05, 4.69) is 24.3 Å². The molecular formula is C16H14N2O. The van der Waals surface area contributed by atoms with Crippen LogP contribution in [0.25, 0.3) is 16.9 Å². The Morgan fingerprint density at radius 3 is 2.74 bits per heavy atom. The third-order valence-corrected chi connectivity index (χ3v) is 3.61. The van der Waals surface area contributed by atoms with Gasteiger partial charge in [-0.05, 0) is 38.1 Å². The summed E-state index contributed by atoms with van der Waals surface area (Å²) in [5.74, 6) is 0.906. The summed E-state index contributed by atoms with van der Waals surface area (Å²) in [5, 5.41) is 0. The molecule has 3 nitrogen and oxygen atoms in total. The molecule has 3 heteroatoms. The van der Waals surface area contributed by atoms with Crippen LogP contribution in [0.1, 0.15) is 19.5 Å². The normalized spacial score (nSPS) is 15.7. The largest absolute Gasteiger partial charge is 0.481 e. The number of rotatable bonds is 0. The van der Waals surface area contributed by atoms with Gasteiger partial charge < -0.3 is 4.74 Å². The maximum atomic E-state index is 6.15. The third-order valence-electron chi connectivity index (χ3n) is 3.61. The van der Waals surface area contributed by atoms with E-state index in [0.717, 1.165) is 28.3 Å². The SMILES string of the molecule is CC1(C)Oc2ccccc2-c2nc3ccccn3c21. The van der Waals surface area contributed by atoms with Crippen molar-refractivity contribution in [2.75, 3.05) is 0 Å². The fraction of sp³-hybridized carbons (Fsp3) is 0.188. The molecule has 3 aromatic rings. The molecule has 0 amide bonds. The summed E-state index contributed by atoms with van der Waals surface area (Å²) in [6.07, 6.45) is 2.04. The van der Waals surface area contributed by atoms with Gasteiger partial charge in [-0.15, -0.1) is 0 Å². The molecule has 0 aliphatic carbocycles. The van der Waals surface area contributed by atoms with Gasteiger partial charge >= 0.3 is 0 Å². The van der Waals surface area contributed by atoms with E-state index in [1.807, 2.05) is 42.6 Å². The molecule has 19 heavy (non-hydrogen) atoms. The van der Waals surface area contributed by atoms with Crippen LogP contribution in [0, 0.1) is 0 Å². The van der Waals surface area contributed by atoms with Crippen molar-refractivity contribution in [2.24, 2.45) is 0 Å². The van der Waals surface area contributed by atoms with Crippen LogP contribution in [0.15, 0.2) is 48.7 Å². The third kappa shape index (κ3) is 1.35. The highest BCUT2D eigenvalue weighted by Crippen LogP contribution is 2.44. The highest BCUT2D eigenvalue weighted by molar-refractivity contribution is 5.75. The van der Waals surface area contributed by atoms with Gasteiger partial charge in [0.05, 0.1) is 5.69 Å². The van der Waals surface area contributed by atoms with Gasteiger partial charge in [0.1, 0.15) is 22.7 Å². The van der Waals surface area contributed by atoms with E-state index >= 15 is 0 Å². The van der Waals surface area contributed by atoms with E-state index in [1.54, 1.807) is 0 Å². The van der Waals surface area contributed by atoms with Crippen LogP contribution in [-0.2, 0) is 5.60 Å². The van der Waals surface area contributed by atoms with Crippen LogP contribution in [-0.4, -0.2) is 9.38 Å². The lowest BCUT2D eigenvalue weighted by molar-refractivity contribution is 0.0996. The van der Waals surface area contributed by atoms with Crippen molar-refractivity contribution in [1.29, 1.82) is 0 Å². The van der Waals surface area contributed by atoms with Gasteiger partial charge in [-0.1, -0.05) is 18.2 Å². The highest BCUT2D eigenvalue weighted by atomic mass is 16.5. The Morgan fingerprint density at radius 2 is 1.84 bits per heavy atom. The number of nitrogens with zero attached hydrogens (tertiary/aromatic N) is 2. The molecule has 2 aromatic heterocycles. The summed E-state index contributed by atoms with van der Waals surface area (Å²) in [6.45, 7) is 4.17. The topological polar surface area (TPSA) is 26.5 Å². The fourth-order valence-electron chi connectivity index (χ4n) is 2.83. The molecule has 0 N–H and O–H groups in total. The fourth-order valence-corrected chi connectivity index (χ4v) is 2.83. The Morgan fingerprint density at radius 1 is 1.05 bits per heavy atom. The number of hydrogen-bond acceptors (Lipinski definition) is 2. The molecule has 0 saturated heterocycles. The summed E-state index contributed by atoms with van der Waals surface area (Å²) in [6, 6.07) is 14.1. The molecule has 0 radical (unpaired) electrons. The van der Waals surface area contributed by atoms with E-state index in [0.29, 0.717) is 0 Å². The standard InChI is InChI=1S/C16H14N2O/c1-16(2)15-14(11-7-3-4-8-12(11)19-16)17-13-9-5-6-10-18(13)15/h3-10H,1-2H3. The van der Waals surface area contributed by atoms with Crippen LogP contribution >= 0.6 is 0 Å². The van der Waals surface area contributed by atoms with Crippen molar-refractivity contribution in [1.82, 2.24) is 9.38 Å². The van der Waals surface area contributed by atoms with Crippen molar-refractivity contribution < 1.29 is 4.74 Å². The Labute approximate surface area is 111 Å². The second kappa shape index (κ2) is 3.38. The zero-order valence-corrected chi connectivity index (χ0v) is 10.9. The van der Waals surface area contributed by atoms with Crippen molar-refractivity contribution in [3.8, 4) is 17.0 Å². The minimum absolute atomic E-state index is 0.384. The number of benzene rings is 1. The summed E-state index contributed by atoms with van der Waals surface area (Å²) < 4.78 is 8.27. The molecule has 0 atom stereocenters. The molecule has 4 rings (SSSR count). The van der Waals surface area contributed by atoms with Crippen molar-refractivity contribution in [3.05, 3.63) is 54.4 Å². The van der Waals surface area contributed by atoms with Crippen molar-refractivity contribution in [3.63, 3.8) is 0 Å². The summed E-state index contributed by atoms with van der Waals surface area (Å²) in [4.78, 5) is 4.77. The van der Waals surface area contributed by atoms with Gasteiger partial charge in [0.15, 0.2) is 0 Å². The van der Waals surface area contributed by atoms with E-state index in [9.17, 15) is 0 Å². The second-order valence-corrected chi connectivity index (χ2v) is 5.35. The van der Waals surface area contributed by atoms with E-state index in [1.165, 1.54) is 0 Å². The maximum absolute atomic E-state index is 6.15. The van der Waals surface area contributed by atoms with Crippen molar-refractivity contribution in [2.45, 2.75) is 19.4 Å². The monoisotopic (exact) mass is 250 g/mol. The molecular weight excluding hydrogens is 236 g/mol. The summed E-state index contributed by atoms with van der Waals surface area (Å²) in [5.41, 5.74) is 3.78. The first-order valence-electron chi connectivity index (χ1n) is 6.43. The molecule has 94 valence electrons. The molecule has 0 unspecified atom stereocenters. The minimum atomic E-state index is -0.384. The lowest BCUT2D eigenvalue weighted by atomic mass is 9.95. The van der Waals surface area contributed by atoms with E-state index in [4.69, 9.17) is 9.72 Å². The van der Waals surface area contributed by atoms with Gasteiger partial charge in [-0.2, -0.15) is 0 Å². The molecule has 1 aromatic carbocycles. The number of ether oxygens (including phenoxy) is 1. The summed E-state index contributed by atoms with van der Waals surface area (Å²) >= 11 is 0. The molecule has 0 bridgehead atoms. The Bertz CT molecular complexity index is 786. The number of pyridine rings is 1. The van der Waals surface area contributed by atoms with E-state index in [-0.39, 0.29) is 5.60 Å². The maximum Gasteiger partial charge on any atom is 0.146 e. The van der Waals surface area contributed by atoms with Gasteiger partial charge in [0.25, 0.3) is 0 Å². The van der Waals surface area contributed by atoms with Crippen LogP contribution in [0.3, 0.4) is 0 Å². The predicted octanol–water partition coefficient (Wildman–Crippen LogP) is 3.63. The Hall–Kier alpha value is -2.29. The van der Waals surface area contributed by atoms with Gasteiger partial charge in [0.2, 0.25) is 0 Å². The average Bonchev–Trinajstić information content (AvgIpc) is 2.78. The Balaban J connectivity index is 2.16. The second-order valence-electron chi connectivity index (χ2n) is 5.35. The molecule has 0 fully saturated rings. The molecule has 1 aliphatic heterocycles. The van der Waals surface area contributed by atoms with Crippen LogP contribution in [0.5, 0.6) is 5.75 Å². The number of para-hydroxylation sites is 1. The number of imidazole rings is 1. The smallest absolute Gasteiger partial charge is 0.146 e. The lowest BCUT2D eigenvalue weighted by Crippen LogP contribution is -2.30. The van der Waals surface area contributed by atoms with Crippen molar-refractivity contribution >= 4 is 5.65 Å². The average molecular weight is 250 g/mol. The lowest BCUT2D eigenvalue weighted by Gasteiger charge is -2.32. The first-order valence-corrected chi connectivity index (χ1v) is 6.43. The number of fused-ring (bicyclic) bond motifs is 5. The number of aromatic nitrogens is 2. The van der Waals surface area contributed by atoms with Gasteiger partial charge in [0, 0.05) is 11.8 Å². The molecule has 0 saturated carbocycles. The first-order chi connectivity index (χ1) is 9.17. The van der Waals surface area contributed by atoms with Gasteiger partial charge in [-0.3, -0.25) is 4.40 Å². The quantitative estimate of drug-likeness (QED) is 0.609. The van der Waals surface area contributed by atoms with Crippen LogP contribution in [0.4, 0.5) is 0 Å². The zero-order valence-electron chi connectivity index (χ0n) is 10.9. The minimum Gasteiger partial charge on any atom is -0.481 e. The molecule has 3 heterocycles. The van der Waals surface area contributed by atoms with E-state index < -0.39 is 0 Å². The molecule has 1 aliphatic rings.